The number of aliphatic hydroxyl groups excluding tert-OH is 4. The molecule has 0 heterocycles. The predicted molar refractivity (Wildman–Crippen MR) is 121 cm³/mol. The third-order valence-electron chi connectivity index (χ3n) is 5.29. The second-order valence-corrected chi connectivity index (χ2v) is 8.19. The second kappa shape index (κ2) is 20.6. The largest absolute Gasteiger partial charge is 0.463 e. The summed E-state index contributed by atoms with van der Waals surface area (Å²) in [5.41, 5.74) is 0. The number of carbonyl (C=O) groups is 2. The number of rotatable bonds is 21. The van der Waals surface area contributed by atoms with Gasteiger partial charge in [-0.3, -0.25) is 4.79 Å². The van der Waals surface area contributed by atoms with Gasteiger partial charge in [0.05, 0.1) is 0 Å². The zero-order valence-electron chi connectivity index (χ0n) is 19.2. The fourth-order valence-electron chi connectivity index (χ4n) is 3.20. The number of esters is 1. The maximum Gasteiger partial charge on any atom is 0.305 e. The summed E-state index contributed by atoms with van der Waals surface area (Å²) in [4.78, 5) is 22.0. The van der Waals surface area contributed by atoms with E-state index in [1.165, 1.54) is 44.9 Å². The van der Waals surface area contributed by atoms with Crippen molar-refractivity contribution in [3.63, 3.8) is 0 Å². The number of aliphatic hydroxyl groups is 4. The van der Waals surface area contributed by atoms with Gasteiger partial charge in [0, 0.05) is 6.42 Å². The van der Waals surface area contributed by atoms with Crippen molar-refractivity contribution >= 4 is 12.3 Å². The second-order valence-electron chi connectivity index (χ2n) is 8.19. The van der Waals surface area contributed by atoms with E-state index >= 15 is 0 Å². The summed E-state index contributed by atoms with van der Waals surface area (Å²) < 4.78 is 4.87. The summed E-state index contributed by atoms with van der Waals surface area (Å²) in [6.07, 6.45) is 13.0. The van der Waals surface area contributed by atoms with E-state index in [0.717, 1.165) is 32.1 Å². The average Bonchev–Trinajstić information content (AvgIpc) is 2.78. The third-order valence-corrected chi connectivity index (χ3v) is 5.29. The van der Waals surface area contributed by atoms with Crippen LogP contribution in [0.4, 0.5) is 0 Å². The molecule has 0 saturated heterocycles. The Morgan fingerprint density at radius 1 is 0.774 bits per heavy atom. The number of hydrogen-bond acceptors (Lipinski definition) is 7. The van der Waals surface area contributed by atoms with Crippen molar-refractivity contribution in [2.24, 2.45) is 0 Å². The molecule has 7 heteroatoms. The van der Waals surface area contributed by atoms with Gasteiger partial charge in [-0.2, -0.15) is 0 Å². The standard InChI is InChI=1S/C24H44O7/c1-2-3-4-5-6-7-8-9-10-11-12-13-14-15-16-17-22(28)31-19-21(27)24(30)23(29)20(26)18-25/h9-10,18,20-21,23-24,26-27,29-30H,2-8,11-17,19H2,1H3/b10-9-/t20-,21+,23+,24+/m0/s1. The van der Waals surface area contributed by atoms with E-state index in [9.17, 15) is 24.9 Å². The highest BCUT2D eigenvalue weighted by atomic mass is 16.5. The van der Waals surface area contributed by atoms with E-state index in [1.807, 2.05) is 0 Å². The summed E-state index contributed by atoms with van der Waals surface area (Å²) in [6.45, 7) is 1.73. The molecule has 0 amide bonds. The van der Waals surface area contributed by atoms with Gasteiger partial charge in [-0.05, 0) is 32.1 Å². The fourth-order valence-corrected chi connectivity index (χ4v) is 3.20. The van der Waals surface area contributed by atoms with Gasteiger partial charge in [-0.1, -0.05) is 70.4 Å². The van der Waals surface area contributed by atoms with Crippen molar-refractivity contribution in [2.45, 2.75) is 121 Å². The minimum atomic E-state index is -1.84. The average molecular weight is 445 g/mol. The SMILES string of the molecule is CCCCCCCC/C=C\CCCCCCCC(=O)OC[C@@H](O)[C@@H](O)[C@H](O)[C@@H](O)C=O. The lowest BCUT2D eigenvalue weighted by Gasteiger charge is -2.23. The zero-order valence-corrected chi connectivity index (χ0v) is 19.2. The highest BCUT2D eigenvalue weighted by molar-refractivity contribution is 5.69. The van der Waals surface area contributed by atoms with Gasteiger partial charge < -0.3 is 30.0 Å². The van der Waals surface area contributed by atoms with Gasteiger partial charge in [0.15, 0.2) is 6.29 Å². The molecule has 0 aliphatic heterocycles. The van der Waals surface area contributed by atoms with Crippen LogP contribution in [-0.2, 0) is 14.3 Å². The van der Waals surface area contributed by atoms with E-state index in [1.54, 1.807) is 0 Å². The summed E-state index contributed by atoms with van der Waals surface area (Å²) in [6, 6.07) is 0. The lowest BCUT2D eigenvalue weighted by molar-refractivity contribution is -0.156. The molecule has 4 atom stereocenters. The summed E-state index contributed by atoms with van der Waals surface area (Å²) in [5.74, 6) is -0.491. The molecule has 0 aromatic carbocycles. The molecular weight excluding hydrogens is 400 g/mol. The molecule has 0 radical (unpaired) electrons. The van der Waals surface area contributed by atoms with Crippen LogP contribution < -0.4 is 0 Å². The van der Waals surface area contributed by atoms with E-state index < -0.39 is 37.0 Å². The van der Waals surface area contributed by atoms with Gasteiger partial charge in [0.25, 0.3) is 0 Å². The number of unbranched alkanes of at least 4 members (excludes halogenated alkanes) is 11. The third kappa shape index (κ3) is 17.0. The van der Waals surface area contributed by atoms with E-state index in [4.69, 9.17) is 9.84 Å². The fraction of sp³-hybridized carbons (Fsp3) is 0.833. The first-order valence-corrected chi connectivity index (χ1v) is 11.9. The van der Waals surface area contributed by atoms with Crippen molar-refractivity contribution in [3.05, 3.63) is 12.2 Å². The molecule has 7 nitrogen and oxygen atoms in total. The summed E-state index contributed by atoms with van der Waals surface area (Å²) in [5, 5.41) is 37.8. The number of hydrogen-bond donors (Lipinski definition) is 4. The molecule has 0 aliphatic carbocycles. The first-order chi connectivity index (χ1) is 14.9. The molecule has 4 N–H and O–H groups in total. The molecule has 0 saturated carbocycles. The van der Waals surface area contributed by atoms with Crippen LogP contribution in [0.2, 0.25) is 0 Å². The Bertz CT molecular complexity index is 467. The van der Waals surface area contributed by atoms with Gasteiger partial charge in [-0.25, -0.2) is 0 Å². The van der Waals surface area contributed by atoms with Gasteiger partial charge in [0.1, 0.15) is 31.0 Å². The normalized spacial score (nSPS) is 15.5. The monoisotopic (exact) mass is 444 g/mol. The van der Waals surface area contributed by atoms with E-state index in [2.05, 4.69) is 19.1 Å². The van der Waals surface area contributed by atoms with Crippen molar-refractivity contribution in [1.29, 1.82) is 0 Å². The predicted octanol–water partition coefficient (Wildman–Crippen LogP) is 3.21. The first kappa shape index (κ1) is 29.7. The molecule has 31 heavy (non-hydrogen) atoms. The summed E-state index contributed by atoms with van der Waals surface area (Å²) in [7, 11) is 0. The van der Waals surface area contributed by atoms with Crippen molar-refractivity contribution in [3.8, 4) is 0 Å². The Labute approximate surface area is 187 Å². The Hall–Kier alpha value is -1.28. The smallest absolute Gasteiger partial charge is 0.305 e. The minimum absolute atomic E-state index is 0.0549. The van der Waals surface area contributed by atoms with Crippen LogP contribution in [0.15, 0.2) is 12.2 Å². The number of allylic oxidation sites excluding steroid dienone is 2. The maximum atomic E-state index is 11.7. The Balaban J connectivity index is 3.55. The van der Waals surface area contributed by atoms with Crippen LogP contribution in [-0.4, -0.2) is 63.7 Å². The van der Waals surface area contributed by atoms with Crippen LogP contribution >= 0.6 is 0 Å². The quantitative estimate of drug-likeness (QED) is 0.0927. The topological polar surface area (TPSA) is 124 Å². The molecule has 0 spiro atoms. The lowest BCUT2D eigenvalue weighted by atomic mass is 10.0. The molecule has 0 fully saturated rings. The zero-order chi connectivity index (χ0) is 23.3. The highest BCUT2D eigenvalue weighted by Crippen LogP contribution is 2.11. The lowest BCUT2D eigenvalue weighted by Crippen LogP contribution is -2.46. The van der Waals surface area contributed by atoms with Crippen LogP contribution in [0.25, 0.3) is 0 Å². The van der Waals surface area contributed by atoms with E-state index in [0.29, 0.717) is 6.42 Å². The van der Waals surface area contributed by atoms with Gasteiger partial charge >= 0.3 is 5.97 Å². The van der Waals surface area contributed by atoms with Crippen molar-refractivity contribution < 1.29 is 34.8 Å². The molecule has 0 bridgehead atoms. The molecule has 0 rings (SSSR count). The van der Waals surface area contributed by atoms with Gasteiger partial charge in [0.2, 0.25) is 0 Å². The number of carbonyl (C=O) groups excluding carboxylic acids is 2. The van der Waals surface area contributed by atoms with Crippen LogP contribution in [0.1, 0.15) is 96.8 Å². The van der Waals surface area contributed by atoms with Crippen molar-refractivity contribution in [1.82, 2.24) is 0 Å². The summed E-state index contributed by atoms with van der Waals surface area (Å²) >= 11 is 0. The van der Waals surface area contributed by atoms with Gasteiger partial charge in [-0.15, -0.1) is 0 Å². The van der Waals surface area contributed by atoms with Crippen LogP contribution in [0.3, 0.4) is 0 Å². The Morgan fingerprint density at radius 2 is 1.29 bits per heavy atom. The molecule has 0 aromatic rings. The Morgan fingerprint density at radius 3 is 1.84 bits per heavy atom. The molecule has 0 aromatic heterocycles. The minimum Gasteiger partial charge on any atom is -0.463 e. The molecule has 182 valence electrons. The Kier molecular flexibility index (Phi) is 19.8. The van der Waals surface area contributed by atoms with Crippen molar-refractivity contribution in [2.75, 3.05) is 6.61 Å². The maximum absolute atomic E-state index is 11.7. The highest BCUT2D eigenvalue weighted by Gasteiger charge is 2.30. The number of aldehydes is 1. The molecule has 0 aliphatic rings. The first-order valence-electron chi connectivity index (χ1n) is 11.9. The van der Waals surface area contributed by atoms with E-state index in [-0.39, 0.29) is 12.7 Å². The molecular formula is C24H44O7. The van der Waals surface area contributed by atoms with Crippen LogP contribution in [0, 0.1) is 0 Å². The number of ether oxygens (including phenoxy) is 1. The van der Waals surface area contributed by atoms with Crippen LogP contribution in [0.5, 0.6) is 0 Å². The molecule has 0 unspecified atom stereocenters.